The van der Waals surface area contributed by atoms with Crippen molar-refractivity contribution in [1.82, 2.24) is 9.88 Å². The molecule has 0 unspecified atom stereocenters. The van der Waals surface area contributed by atoms with E-state index in [1.807, 2.05) is 12.1 Å². The Balaban J connectivity index is 1.53. The second-order valence-electron chi connectivity index (χ2n) is 7.90. The molecule has 1 saturated heterocycles. The number of carbonyl (C=O) groups is 2. The normalized spacial score (nSPS) is 14.3. The highest BCUT2D eigenvalue weighted by Gasteiger charge is 2.27. The van der Waals surface area contributed by atoms with Crippen molar-refractivity contribution in [3.8, 4) is 0 Å². The number of nitrogens with zero attached hydrogens (tertiary/aromatic N) is 3. The number of carbonyl (C=O) groups excluding carboxylic acids is 1. The van der Waals surface area contributed by atoms with Crippen molar-refractivity contribution in [2.45, 2.75) is 4.90 Å². The minimum atomic E-state index is -3.94. The second-order valence-corrected chi connectivity index (χ2v) is 10.2. The Kier molecular flexibility index (Phi) is 7.18. The molecule has 1 N–H and O–H groups in total. The Bertz CT molecular complexity index is 1370. The molecule has 2 heterocycles. The van der Waals surface area contributed by atoms with Gasteiger partial charge >= 0.3 is 5.97 Å². The number of aromatic nitrogens is 1. The van der Waals surface area contributed by atoms with Gasteiger partial charge in [-0.2, -0.15) is 0 Å². The van der Waals surface area contributed by atoms with Gasteiger partial charge in [0.15, 0.2) is 9.84 Å². The molecule has 10 heteroatoms. The molecule has 35 heavy (non-hydrogen) atoms. The van der Waals surface area contributed by atoms with Crippen LogP contribution in [-0.4, -0.2) is 61.5 Å². The highest BCUT2D eigenvalue weighted by atomic mass is 35.5. The molecular formula is C25H22ClN3O5S. The number of aromatic carboxylic acids is 1. The molecular weight excluding hydrogens is 490 g/mol. The van der Waals surface area contributed by atoms with Crippen molar-refractivity contribution >= 4 is 45.1 Å². The first-order valence-corrected chi connectivity index (χ1v) is 12.7. The third kappa shape index (κ3) is 5.70. The van der Waals surface area contributed by atoms with E-state index in [0.29, 0.717) is 36.8 Å². The minimum absolute atomic E-state index is 0.0458. The molecule has 3 aromatic rings. The third-order valence-corrected chi connectivity index (χ3v) is 7.34. The lowest BCUT2D eigenvalue weighted by Crippen LogP contribution is -2.49. The van der Waals surface area contributed by atoms with Crippen LogP contribution in [0.3, 0.4) is 0 Å². The lowest BCUT2D eigenvalue weighted by atomic mass is 10.1. The lowest BCUT2D eigenvalue weighted by molar-refractivity contribution is 0.0672. The Morgan fingerprint density at radius 2 is 1.57 bits per heavy atom. The van der Waals surface area contributed by atoms with Crippen LogP contribution < -0.4 is 4.90 Å². The average molecular weight is 512 g/mol. The largest absolute Gasteiger partial charge is 0.478 e. The summed E-state index contributed by atoms with van der Waals surface area (Å²) in [4.78, 5) is 32.5. The van der Waals surface area contributed by atoms with Gasteiger partial charge in [0.1, 0.15) is 0 Å². The summed E-state index contributed by atoms with van der Waals surface area (Å²) in [6.07, 6.45) is 4.80. The number of amides is 1. The first kappa shape index (κ1) is 24.4. The van der Waals surface area contributed by atoms with Gasteiger partial charge in [-0.15, -0.1) is 0 Å². The number of pyridine rings is 1. The van der Waals surface area contributed by atoms with Crippen LogP contribution in [0.15, 0.2) is 77.3 Å². The molecule has 0 bridgehead atoms. The van der Waals surface area contributed by atoms with Crippen molar-refractivity contribution in [2.75, 3.05) is 31.1 Å². The molecule has 1 aromatic heterocycles. The second kappa shape index (κ2) is 10.3. The van der Waals surface area contributed by atoms with Crippen LogP contribution in [0.1, 0.15) is 26.3 Å². The molecule has 180 valence electrons. The van der Waals surface area contributed by atoms with Crippen molar-refractivity contribution < 1.29 is 23.1 Å². The van der Waals surface area contributed by atoms with E-state index in [2.05, 4.69) is 9.88 Å². The minimum Gasteiger partial charge on any atom is -0.478 e. The maximum Gasteiger partial charge on any atom is 0.336 e. The number of carboxylic acid groups (broad SMARTS) is 1. The average Bonchev–Trinajstić information content (AvgIpc) is 2.88. The van der Waals surface area contributed by atoms with Crippen LogP contribution >= 0.6 is 11.6 Å². The van der Waals surface area contributed by atoms with E-state index in [9.17, 15) is 23.1 Å². The van der Waals surface area contributed by atoms with E-state index in [-0.39, 0.29) is 16.0 Å². The van der Waals surface area contributed by atoms with E-state index in [1.165, 1.54) is 18.2 Å². The van der Waals surface area contributed by atoms with Gasteiger partial charge in [0.05, 0.1) is 16.0 Å². The number of carboxylic acids is 1. The molecule has 0 aliphatic carbocycles. The molecule has 1 aliphatic rings. The van der Waals surface area contributed by atoms with Crippen molar-refractivity contribution in [3.63, 3.8) is 0 Å². The summed E-state index contributed by atoms with van der Waals surface area (Å²) in [5, 5.41) is 11.2. The summed E-state index contributed by atoms with van der Waals surface area (Å²) in [6.45, 7) is 1.98. The number of halogens is 1. The smallest absolute Gasteiger partial charge is 0.336 e. The zero-order valence-electron chi connectivity index (χ0n) is 18.5. The molecule has 1 aliphatic heterocycles. The number of sulfone groups is 1. The summed E-state index contributed by atoms with van der Waals surface area (Å²) < 4.78 is 25.6. The highest BCUT2D eigenvalue weighted by Crippen LogP contribution is 2.22. The summed E-state index contributed by atoms with van der Waals surface area (Å²) in [6, 6.07) is 13.9. The van der Waals surface area contributed by atoms with Gasteiger partial charge in [-0.3, -0.25) is 9.78 Å². The van der Waals surface area contributed by atoms with E-state index in [4.69, 9.17) is 11.6 Å². The Morgan fingerprint density at radius 3 is 2.20 bits per heavy atom. The van der Waals surface area contributed by atoms with Crippen LogP contribution in [-0.2, 0) is 9.84 Å². The number of benzene rings is 2. The third-order valence-electron chi connectivity index (χ3n) is 5.68. The number of hydrogen-bond donors (Lipinski definition) is 1. The first-order chi connectivity index (χ1) is 16.7. The predicted molar refractivity (Wildman–Crippen MR) is 133 cm³/mol. The fourth-order valence-corrected chi connectivity index (χ4v) is 4.94. The predicted octanol–water partition coefficient (Wildman–Crippen LogP) is 3.84. The van der Waals surface area contributed by atoms with Crippen LogP contribution in [0.4, 0.5) is 5.69 Å². The Labute approximate surface area is 208 Å². The van der Waals surface area contributed by atoms with Gasteiger partial charge in [0, 0.05) is 54.7 Å². The fourth-order valence-electron chi connectivity index (χ4n) is 3.78. The Hall–Kier alpha value is -3.69. The van der Waals surface area contributed by atoms with Crippen molar-refractivity contribution in [2.24, 2.45) is 0 Å². The quantitative estimate of drug-likeness (QED) is 0.535. The maximum atomic E-state index is 13.1. The molecule has 0 spiro atoms. The van der Waals surface area contributed by atoms with Gasteiger partial charge in [-0.1, -0.05) is 23.7 Å². The summed E-state index contributed by atoms with van der Waals surface area (Å²) in [5.74, 6) is -1.82. The topological polar surface area (TPSA) is 108 Å². The highest BCUT2D eigenvalue weighted by molar-refractivity contribution is 7.94. The van der Waals surface area contributed by atoms with Crippen LogP contribution in [0.5, 0.6) is 0 Å². The molecule has 0 radical (unpaired) electrons. The maximum absolute atomic E-state index is 13.1. The summed E-state index contributed by atoms with van der Waals surface area (Å²) >= 11 is 5.84. The summed E-state index contributed by atoms with van der Waals surface area (Å²) in [5.41, 5.74) is 1.22. The molecule has 8 nitrogen and oxygen atoms in total. The van der Waals surface area contributed by atoms with Gasteiger partial charge in [-0.05, 0) is 54.1 Å². The molecule has 0 saturated carbocycles. The molecule has 1 amide bonds. The zero-order valence-corrected chi connectivity index (χ0v) is 20.1. The number of piperazine rings is 1. The van der Waals surface area contributed by atoms with E-state index < -0.39 is 21.7 Å². The Morgan fingerprint density at radius 1 is 0.914 bits per heavy atom. The standard InChI is InChI=1S/C25H22ClN3O5S/c26-19-3-1-18(2-4-19)9-16-35(33,34)21-5-6-22(23(17-21)25(31)32)24(30)29-14-12-28(13-15-29)20-7-10-27-11-8-20/h1-11,16-17H,12-15H2,(H,31,32)/b16-9+. The van der Waals surface area contributed by atoms with Crippen LogP contribution in [0.25, 0.3) is 6.08 Å². The van der Waals surface area contributed by atoms with Gasteiger partial charge < -0.3 is 14.9 Å². The fraction of sp³-hybridized carbons (Fsp3) is 0.160. The molecule has 4 rings (SSSR count). The number of rotatable bonds is 6. The summed E-state index contributed by atoms with van der Waals surface area (Å²) in [7, 11) is -3.94. The zero-order chi connectivity index (χ0) is 25.0. The first-order valence-electron chi connectivity index (χ1n) is 10.7. The van der Waals surface area contributed by atoms with E-state index >= 15 is 0 Å². The van der Waals surface area contributed by atoms with Crippen LogP contribution in [0, 0.1) is 0 Å². The van der Waals surface area contributed by atoms with E-state index in [0.717, 1.165) is 17.2 Å². The van der Waals surface area contributed by atoms with Crippen molar-refractivity contribution in [3.05, 3.63) is 94.1 Å². The molecule has 2 aromatic carbocycles. The molecule has 0 atom stereocenters. The van der Waals surface area contributed by atoms with E-state index in [1.54, 1.807) is 41.6 Å². The monoisotopic (exact) mass is 511 g/mol. The van der Waals surface area contributed by atoms with Gasteiger partial charge in [-0.25, -0.2) is 13.2 Å². The SMILES string of the molecule is O=C(O)c1cc(S(=O)(=O)/C=C/c2ccc(Cl)cc2)ccc1C(=O)N1CCN(c2ccncc2)CC1. The number of anilines is 1. The van der Waals surface area contributed by atoms with Gasteiger partial charge in [0.2, 0.25) is 0 Å². The van der Waals surface area contributed by atoms with Gasteiger partial charge in [0.25, 0.3) is 5.91 Å². The lowest BCUT2D eigenvalue weighted by Gasteiger charge is -2.36. The van der Waals surface area contributed by atoms with Crippen LogP contribution in [0.2, 0.25) is 5.02 Å². The number of hydrogen-bond acceptors (Lipinski definition) is 6. The molecule has 1 fully saturated rings. The van der Waals surface area contributed by atoms with Crippen molar-refractivity contribution in [1.29, 1.82) is 0 Å².